The number of aliphatic hydroxyl groups is 1. The van der Waals surface area contributed by atoms with Crippen LogP contribution in [0.15, 0.2) is 71.8 Å². The molecule has 166 valence electrons. The lowest BCUT2D eigenvalue weighted by atomic mass is 10.1. The number of carbonyl (C=O) groups is 2. The van der Waals surface area contributed by atoms with Gasteiger partial charge >= 0.3 is 5.24 Å². The molecule has 3 aromatic rings. The maximum atomic E-state index is 12.9. The van der Waals surface area contributed by atoms with Crippen molar-refractivity contribution < 1.29 is 27.5 Å². The zero-order valence-electron chi connectivity index (χ0n) is 16.8. The lowest BCUT2D eigenvalue weighted by molar-refractivity contribution is 0.0954. The average molecular weight is 457 g/mol. The van der Waals surface area contributed by atoms with E-state index in [9.17, 15) is 22.4 Å². The molecule has 2 aromatic carbocycles. The SMILES string of the molecule is O=C(NCCc1ccc(F)cc1)c1ccc(S(=O)(=O)C(=O)Nc2ccc(CO)nc2)cc1. The lowest BCUT2D eigenvalue weighted by Gasteiger charge is -2.08. The molecule has 3 rings (SSSR count). The van der Waals surface area contributed by atoms with E-state index in [1.54, 1.807) is 12.1 Å². The molecule has 0 atom stereocenters. The number of hydrogen-bond donors (Lipinski definition) is 3. The van der Waals surface area contributed by atoms with Crippen LogP contribution in [0.4, 0.5) is 14.9 Å². The minimum atomic E-state index is -4.34. The number of benzene rings is 2. The fraction of sp³-hybridized carbons (Fsp3) is 0.136. The zero-order valence-corrected chi connectivity index (χ0v) is 17.6. The summed E-state index contributed by atoms with van der Waals surface area (Å²) in [5, 5.41) is 12.7. The zero-order chi connectivity index (χ0) is 23.1. The summed E-state index contributed by atoms with van der Waals surface area (Å²) in [5.41, 5.74) is 1.62. The normalized spacial score (nSPS) is 11.1. The molecule has 0 saturated carbocycles. The summed E-state index contributed by atoms with van der Waals surface area (Å²) >= 11 is 0. The van der Waals surface area contributed by atoms with Crippen molar-refractivity contribution in [3.05, 3.63) is 89.5 Å². The van der Waals surface area contributed by atoms with Gasteiger partial charge in [-0.15, -0.1) is 0 Å². The van der Waals surface area contributed by atoms with Gasteiger partial charge in [-0.1, -0.05) is 12.1 Å². The Morgan fingerprint density at radius 2 is 1.66 bits per heavy atom. The molecule has 8 nitrogen and oxygen atoms in total. The number of rotatable bonds is 7. The highest BCUT2D eigenvalue weighted by Crippen LogP contribution is 2.16. The van der Waals surface area contributed by atoms with Gasteiger partial charge in [0.2, 0.25) is 0 Å². The highest BCUT2D eigenvalue weighted by atomic mass is 32.2. The first kappa shape index (κ1) is 23.0. The molecule has 0 unspecified atom stereocenters. The topological polar surface area (TPSA) is 125 Å². The summed E-state index contributed by atoms with van der Waals surface area (Å²) < 4.78 is 37.9. The van der Waals surface area contributed by atoms with Crippen LogP contribution < -0.4 is 10.6 Å². The second kappa shape index (κ2) is 10.1. The van der Waals surface area contributed by atoms with Crippen molar-refractivity contribution in [3.8, 4) is 0 Å². The number of amides is 2. The third kappa shape index (κ3) is 5.74. The first-order valence-corrected chi connectivity index (χ1v) is 11.0. The van der Waals surface area contributed by atoms with Crippen molar-refractivity contribution in [2.45, 2.75) is 17.9 Å². The molecule has 1 aromatic heterocycles. The largest absolute Gasteiger partial charge is 0.390 e. The number of aromatic nitrogens is 1. The quantitative estimate of drug-likeness (QED) is 0.501. The Morgan fingerprint density at radius 3 is 2.25 bits per heavy atom. The molecular weight excluding hydrogens is 437 g/mol. The van der Waals surface area contributed by atoms with Gasteiger partial charge in [-0.2, -0.15) is 0 Å². The van der Waals surface area contributed by atoms with Crippen LogP contribution >= 0.6 is 0 Å². The summed E-state index contributed by atoms with van der Waals surface area (Å²) in [5.74, 6) is -0.742. The van der Waals surface area contributed by atoms with Gasteiger partial charge in [0, 0.05) is 12.1 Å². The van der Waals surface area contributed by atoms with E-state index >= 15 is 0 Å². The fourth-order valence-corrected chi connectivity index (χ4v) is 3.70. The molecular formula is C22H20FN3O5S. The molecule has 0 fully saturated rings. The number of nitrogens with one attached hydrogen (secondary N) is 2. The highest BCUT2D eigenvalue weighted by Gasteiger charge is 2.25. The molecule has 0 saturated heterocycles. The van der Waals surface area contributed by atoms with Crippen LogP contribution in [0.2, 0.25) is 0 Å². The van der Waals surface area contributed by atoms with Gasteiger partial charge in [0.15, 0.2) is 0 Å². The molecule has 0 spiro atoms. The maximum absolute atomic E-state index is 12.9. The molecule has 0 aliphatic rings. The van der Waals surface area contributed by atoms with E-state index in [0.29, 0.717) is 18.7 Å². The Labute approximate surface area is 184 Å². The predicted octanol–water partition coefficient (Wildman–Crippen LogP) is 2.69. The Balaban J connectivity index is 1.59. The third-order valence-electron chi connectivity index (χ3n) is 4.52. The Hall–Kier alpha value is -3.63. The number of halogens is 1. The van der Waals surface area contributed by atoms with Gasteiger partial charge < -0.3 is 15.7 Å². The van der Waals surface area contributed by atoms with Crippen LogP contribution in [0, 0.1) is 5.82 Å². The summed E-state index contributed by atoms with van der Waals surface area (Å²) in [6, 6.07) is 13.8. The van der Waals surface area contributed by atoms with E-state index in [4.69, 9.17) is 5.11 Å². The van der Waals surface area contributed by atoms with Crippen LogP contribution in [-0.2, 0) is 22.9 Å². The summed E-state index contributed by atoms with van der Waals surface area (Å²) in [6.45, 7) is 0.0364. The van der Waals surface area contributed by atoms with E-state index in [1.165, 1.54) is 54.7 Å². The molecule has 2 amide bonds. The maximum Gasteiger partial charge on any atom is 0.345 e. The van der Waals surface area contributed by atoms with Gasteiger partial charge in [-0.25, -0.2) is 12.8 Å². The molecule has 10 heteroatoms. The number of nitrogens with zero attached hydrogens (tertiary/aromatic N) is 1. The Kier molecular flexibility index (Phi) is 7.29. The minimum Gasteiger partial charge on any atom is -0.390 e. The van der Waals surface area contributed by atoms with E-state index < -0.39 is 21.0 Å². The van der Waals surface area contributed by atoms with Crippen molar-refractivity contribution in [2.75, 3.05) is 11.9 Å². The average Bonchev–Trinajstić information content (AvgIpc) is 2.81. The highest BCUT2D eigenvalue weighted by molar-refractivity contribution is 8.06. The number of sulfone groups is 1. The summed E-state index contributed by atoms with van der Waals surface area (Å²) in [7, 11) is -4.34. The monoisotopic (exact) mass is 457 g/mol. The fourth-order valence-electron chi connectivity index (χ4n) is 2.74. The number of carbonyl (C=O) groups excluding carboxylic acids is 2. The van der Waals surface area contributed by atoms with Crippen LogP contribution in [-0.4, -0.2) is 36.2 Å². The van der Waals surface area contributed by atoms with E-state index in [1.807, 2.05) is 0 Å². The van der Waals surface area contributed by atoms with Crippen LogP contribution in [0.5, 0.6) is 0 Å². The lowest BCUT2D eigenvalue weighted by Crippen LogP contribution is -2.26. The number of pyridine rings is 1. The van der Waals surface area contributed by atoms with E-state index in [2.05, 4.69) is 15.6 Å². The number of hydrogen-bond acceptors (Lipinski definition) is 6. The second-order valence-electron chi connectivity index (χ2n) is 6.77. The standard InChI is InChI=1S/C22H20FN3O5S/c23-17-5-1-15(2-6-17)11-12-24-21(28)16-3-9-20(10-4-16)32(30,31)22(29)26-18-7-8-19(14-27)25-13-18/h1-10,13,27H,11-12,14H2,(H,24,28)(H,26,29). The van der Waals surface area contributed by atoms with E-state index in [-0.39, 0.29) is 28.6 Å². The van der Waals surface area contributed by atoms with Crippen molar-refractivity contribution >= 4 is 26.7 Å². The number of aliphatic hydroxyl groups excluding tert-OH is 1. The predicted molar refractivity (Wildman–Crippen MR) is 115 cm³/mol. The molecule has 32 heavy (non-hydrogen) atoms. The number of anilines is 1. The first-order valence-electron chi connectivity index (χ1n) is 9.54. The minimum absolute atomic E-state index is 0.160. The van der Waals surface area contributed by atoms with Crippen LogP contribution in [0.25, 0.3) is 0 Å². The van der Waals surface area contributed by atoms with Crippen LogP contribution in [0.3, 0.4) is 0 Å². The first-order chi connectivity index (χ1) is 15.3. The van der Waals surface area contributed by atoms with Crippen molar-refractivity contribution in [3.63, 3.8) is 0 Å². The summed E-state index contributed by atoms with van der Waals surface area (Å²) in [6.07, 6.45) is 1.74. The van der Waals surface area contributed by atoms with Gasteiger partial charge in [0.25, 0.3) is 15.7 Å². The van der Waals surface area contributed by atoms with Crippen molar-refractivity contribution in [1.82, 2.24) is 10.3 Å². The van der Waals surface area contributed by atoms with Gasteiger partial charge in [0.05, 0.1) is 29.1 Å². The molecule has 0 bridgehead atoms. The van der Waals surface area contributed by atoms with Gasteiger partial charge in [-0.05, 0) is 60.5 Å². The van der Waals surface area contributed by atoms with E-state index in [0.717, 1.165) is 5.56 Å². The molecule has 1 heterocycles. The van der Waals surface area contributed by atoms with Gasteiger partial charge in [-0.3, -0.25) is 14.6 Å². The molecule has 0 aliphatic carbocycles. The molecule has 0 radical (unpaired) electrons. The van der Waals surface area contributed by atoms with Crippen molar-refractivity contribution in [1.29, 1.82) is 0 Å². The van der Waals surface area contributed by atoms with Crippen LogP contribution in [0.1, 0.15) is 21.6 Å². The third-order valence-corrected chi connectivity index (χ3v) is 6.00. The molecule has 0 aliphatic heterocycles. The van der Waals surface area contributed by atoms with Crippen molar-refractivity contribution in [2.24, 2.45) is 0 Å². The molecule has 3 N–H and O–H groups in total. The smallest absolute Gasteiger partial charge is 0.345 e. The Bertz CT molecular complexity index is 1200. The Morgan fingerprint density at radius 1 is 0.969 bits per heavy atom. The summed E-state index contributed by atoms with van der Waals surface area (Å²) in [4.78, 5) is 28.1. The second-order valence-corrected chi connectivity index (χ2v) is 8.62. The van der Waals surface area contributed by atoms with Gasteiger partial charge in [0.1, 0.15) is 5.82 Å².